The molecule has 1 unspecified atom stereocenters. The fourth-order valence-corrected chi connectivity index (χ4v) is 11.0. The molecule has 1 amide bonds. The average molecular weight is 724 g/mol. The molecule has 0 bridgehead atoms. The third-order valence-electron chi connectivity index (χ3n) is 11.0. The largest absolute Gasteiger partial charge is 0.481 e. The number of benzene rings is 2. The summed E-state index contributed by atoms with van der Waals surface area (Å²) in [6, 6.07) is 4.17. The van der Waals surface area contributed by atoms with E-state index in [1.54, 1.807) is 6.92 Å². The number of fused-ring (bicyclic) bond motifs is 3. The number of nitrogens with zero attached hydrogens (tertiary/aromatic N) is 1. The molecule has 49 heavy (non-hydrogen) atoms. The van der Waals surface area contributed by atoms with Crippen molar-refractivity contribution in [1.29, 1.82) is 0 Å². The molecule has 2 aromatic rings. The number of amides is 1. The summed E-state index contributed by atoms with van der Waals surface area (Å²) in [5.41, 5.74) is -8.88. The van der Waals surface area contributed by atoms with Crippen LogP contribution in [-0.4, -0.2) is 55.2 Å². The molecule has 1 saturated carbocycles. The van der Waals surface area contributed by atoms with Gasteiger partial charge in [0, 0.05) is 17.5 Å². The molecular formula is C34H37F8NO5S. The normalized spacial score (nSPS) is 27.8. The molecule has 270 valence electrons. The molecule has 1 aliphatic heterocycles. The van der Waals surface area contributed by atoms with Gasteiger partial charge in [-0.05, 0) is 86.3 Å². The summed E-state index contributed by atoms with van der Waals surface area (Å²) in [5, 5.41) is 9.73. The quantitative estimate of drug-likeness (QED) is 0.220. The molecule has 1 saturated heterocycles. The van der Waals surface area contributed by atoms with Crippen molar-refractivity contribution in [2.75, 3.05) is 6.54 Å². The highest BCUT2D eigenvalue weighted by atomic mass is 32.2. The van der Waals surface area contributed by atoms with Crippen LogP contribution in [0.15, 0.2) is 47.4 Å². The Morgan fingerprint density at radius 2 is 1.59 bits per heavy atom. The highest BCUT2D eigenvalue weighted by Crippen LogP contribution is 2.58. The molecule has 0 spiro atoms. The number of carbonyl (C=O) groups excluding carboxylic acids is 1. The minimum Gasteiger partial charge on any atom is -0.481 e. The van der Waals surface area contributed by atoms with Crippen LogP contribution in [0.1, 0.15) is 81.9 Å². The lowest BCUT2D eigenvalue weighted by Crippen LogP contribution is -2.56. The second kappa shape index (κ2) is 12.5. The van der Waals surface area contributed by atoms with Crippen LogP contribution in [0.25, 0.3) is 0 Å². The van der Waals surface area contributed by atoms with E-state index in [4.69, 9.17) is 0 Å². The monoisotopic (exact) mass is 723 g/mol. The van der Waals surface area contributed by atoms with E-state index in [1.807, 2.05) is 6.92 Å². The van der Waals surface area contributed by atoms with Crippen LogP contribution in [0, 0.1) is 23.1 Å². The first kappa shape index (κ1) is 37.0. The summed E-state index contributed by atoms with van der Waals surface area (Å²) in [6.45, 7) is 3.55. The fourth-order valence-electron chi connectivity index (χ4n) is 8.59. The zero-order valence-corrected chi connectivity index (χ0v) is 27.6. The highest BCUT2D eigenvalue weighted by Gasteiger charge is 2.74. The molecule has 1 heterocycles. The number of hydrogen-bond acceptors (Lipinski definition) is 4. The zero-order valence-electron chi connectivity index (χ0n) is 26.8. The van der Waals surface area contributed by atoms with Crippen LogP contribution in [-0.2, 0) is 36.3 Å². The third-order valence-corrected chi connectivity index (χ3v) is 13.6. The Labute approximate surface area is 278 Å². The summed E-state index contributed by atoms with van der Waals surface area (Å²) in [5.74, 6) is -3.17. The zero-order chi connectivity index (χ0) is 36.4. The molecule has 2 aromatic carbocycles. The number of aliphatic carboxylic acids is 1. The average Bonchev–Trinajstić information content (AvgIpc) is 3.43. The first-order chi connectivity index (χ1) is 22.7. The Morgan fingerprint density at radius 1 is 0.959 bits per heavy atom. The van der Waals surface area contributed by atoms with Crippen LogP contribution in [0.3, 0.4) is 0 Å². The van der Waals surface area contributed by atoms with Crippen molar-refractivity contribution in [1.82, 2.24) is 4.90 Å². The van der Waals surface area contributed by atoms with Gasteiger partial charge < -0.3 is 10.0 Å². The van der Waals surface area contributed by atoms with Gasteiger partial charge in [-0.25, -0.2) is 17.2 Å². The molecule has 15 heteroatoms. The number of hydrogen-bond donors (Lipinski definition) is 1. The number of alkyl halides is 7. The molecule has 3 aliphatic rings. The minimum atomic E-state index is -6.38. The lowest BCUT2D eigenvalue weighted by atomic mass is 9.63. The number of carboxylic acids is 1. The van der Waals surface area contributed by atoms with Crippen LogP contribution < -0.4 is 0 Å². The van der Waals surface area contributed by atoms with Crippen molar-refractivity contribution in [2.45, 2.75) is 105 Å². The van der Waals surface area contributed by atoms with Crippen LogP contribution in [0.5, 0.6) is 0 Å². The lowest BCUT2D eigenvalue weighted by Gasteiger charge is -2.47. The van der Waals surface area contributed by atoms with Crippen LogP contribution >= 0.6 is 0 Å². The number of sulfone groups is 1. The standard InChI is InChI=1S/C34H37F8NO5S/c1-3-4-14-30(15-13-25(28(44)45)20(2)19-30)29(46)43-17-16-31(49(47,48)24-9-7-23(35)8-10-24)26-11-6-22(18-21(26)5-12-27(31)43)32(36,33(37,38)39)34(40,41)42/h6-11,18,20,25,27H,3-5,12-17,19H2,1-2H3,(H,44,45)/t20-,25+,27-,30?,31-/m0/s1. The van der Waals surface area contributed by atoms with E-state index < -0.39 is 67.3 Å². The SMILES string of the molecule is CCCCC1(C(=O)N2CC[C@]3(S(=O)(=O)c4ccc(F)cc4)c4ccc(C(F)(C(F)(F)F)C(F)(F)F)cc4CC[C@H]23)CC[C@@H](C(=O)O)[C@@H](C)C1. The van der Waals surface area contributed by atoms with E-state index in [9.17, 15) is 53.8 Å². The van der Waals surface area contributed by atoms with Crippen molar-refractivity contribution in [3.05, 3.63) is 65.0 Å². The predicted octanol–water partition coefficient (Wildman–Crippen LogP) is 8.03. The smallest absolute Gasteiger partial charge is 0.435 e. The molecule has 1 N–H and O–H groups in total. The van der Waals surface area contributed by atoms with Crippen molar-refractivity contribution >= 4 is 21.7 Å². The van der Waals surface area contributed by atoms with Gasteiger partial charge in [0.15, 0.2) is 9.84 Å². The van der Waals surface area contributed by atoms with Crippen LogP contribution in [0.4, 0.5) is 35.1 Å². The highest BCUT2D eigenvalue weighted by molar-refractivity contribution is 7.92. The molecule has 5 atom stereocenters. The maximum Gasteiger partial charge on any atom is 0.435 e. The van der Waals surface area contributed by atoms with Gasteiger partial charge >= 0.3 is 24.0 Å². The van der Waals surface area contributed by atoms with Gasteiger partial charge in [0.2, 0.25) is 5.91 Å². The Bertz CT molecular complexity index is 1700. The molecule has 2 fully saturated rings. The maximum absolute atomic E-state index is 15.1. The summed E-state index contributed by atoms with van der Waals surface area (Å²) >= 11 is 0. The van der Waals surface area contributed by atoms with Gasteiger partial charge in [-0.3, -0.25) is 9.59 Å². The number of aryl methyl sites for hydroxylation is 1. The number of carbonyl (C=O) groups is 2. The van der Waals surface area contributed by atoms with Crippen molar-refractivity contribution in [3.8, 4) is 0 Å². The van der Waals surface area contributed by atoms with E-state index in [1.165, 1.54) is 4.90 Å². The van der Waals surface area contributed by atoms with Crippen molar-refractivity contribution < 1.29 is 58.2 Å². The summed E-state index contributed by atoms with van der Waals surface area (Å²) in [7, 11) is -4.64. The molecular weight excluding hydrogens is 686 g/mol. The number of halogens is 8. The van der Waals surface area contributed by atoms with Gasteiger partial charge in [0.25, 0.3) is 0 Å². The van der Waals surface area contributed by atoms with Gasteiger partial charge in [-0.2, -0.15) is 26.3 Å². The Balaban J connectivity index is 1.66. The van der Waals surface area contributed by atoms with Gasteiger partial charge in [-0.1, -0.05) is 44.9 Å². The minimum absolute atomic E-state index is 0.131. The van der Waals surface area contributed by atoms with E-state index in [0.29, 0.717) is 25.0 Å². The predicted molar refractivity (Wildman–Crippen MR) is 161 cm³/mol. The Hall–Kier alpha value is -3.23. The number of carboxylic acid groups (broad SMARTS) is 1. The van der Waals surface area contributed by atoms with Crippen molar-refractivity contribution in [3.63, 3.8) is 0 Å². The molecule has 0 aromatic heterocycles. The van der Waals surface area contributed by atoms with E-state index in [-0.39, 0.29) is 72.9 Å². The Kier molecular flexibility index (Phi) is 9.46. The topological polar surface area (TPSA) is 91.8 Å². The maximum atomic E-state index is 15.1. The van der Waals surface area contributed by atoms with E-state index >= 15 is 4.39 Å². The second-order valence-electron chi connectivity index (χ2n) is 13.7. The second-order valence-corrected chi connectivity index (χ2v) is 15.9. The molecule has 0 radical (unpaired) electrons. The van der Waals surface area contributed by atoms with Crippen LogP contribution in [0.2, 0.25) is 0 Å². The lowest BCUT2D eigenvalue weighted by molar-refractivity contribution is -0.348. The molecule has 5 rings (SSSR count). The third kappa shape index (κ3) is 5.71. The fraction of sp³-hybridized carbons (Fsp3) is 0.588. The van der Waals surface area contributed by atoms with E-state index in [0.717, 1.165) is 36.8 Å². The molecule has 6 nitrogen and oxygen atoms in total. The first-order valence-corrected chi connectivity index (χ1v) is 17.7. The summed E-state index contributed by atoms with van der Waals surface area (Å²) in [4.78, 5) is 27.7. The molecule has 2 aliphatic carbocycles. The summed E-state index contributed by atoms with van der Waals surface area (Å²) < 4.78 is 138. The number of likely N-dealkylation sites (tertiary alicyclic amines) is 1. The number of rotatable bonds is 8. The van der Waals surface area contributed by atoms with Gasteiger partial charge in [0.05, 0.1) is 16.9 Å². The first-order valence-electron chi connectivity index (χ1n) is 16.2. The van der Waals surface area contributed by atoms with Gasteiger partial charge in [-0.15, -0.1) is 0 Å². The Morgan fingerprint density at radius 3 is 2.14 bits per heavy atom. The van der Waals surface area contributed by atoms with E-state index in [2.05, 4.69) is 0 Å². The summed E-state index contributed by atoms with van der Waals surface area (Å²) in [6.07, 6.45) is -11.0. The van der Waals surface area contributed by atoms with Gasteiger partial charge in [0.1, 0.15) is 10.6 Å². The number of unbranched alkanes of at least 4 members (excludes halogenated alkanes) is 1. The van der Waals surface area contributed by atoms with Crippen molar-refractivity contribution in [2.24, 2.45) is 17.3 Å².